The predicted octanol–water partition coefficient (Wildman–Crippen LogP) is 2.18. The first-order chi connectivity index (χ1) is 15.8. The molecule has 1 aromatic heterocycles. The Kier molecular flexibility index (Phi) is 7.02. The molecule has 0 radical (unpaired) electrons. The Morgan fingerprint density at radius 3 is 2.33 bits per heavy atom. The Hall–Kier alpha value is -2.87. The number of nitrogens with zero attached hydrogens (tertiary/aromatic N) is 5. The van der Waals surface area contributed by atoms with Gasteiger partial charge in [-0.1, -0.05) is 39.0 Å². The van der Waals surface area contributed by atoms with E-state index in [4.69, 9.17) is 4.98 Å². The molecule has 4 rings (SSSR count). The molecule has 0 unspecified atom stereocenters. The lowest BCUT2D eigenvalue weighted by atomic mass is 9.94. The number of rotatable bonds is 4. The highest BCUT2D eigenvalue weighted by Crippen LogP contribution is 2.20. The molecular formula is C25H36N6O2. The molecule has 8 heteroatoms. The normalized spacial score (nSPS) is 18.3. The zero-order chi connectivity index (χ0) is 23.4. The summed E-state index contributed by atoms with van der Waals surface area (Å²) in [4.78, 5) is 41.6. The molecule has 0 atom stereocenters. The van der Waals surface area contributed by atoms with Crippen molar-refractivity contribution in [2.75, 3.05) is 62.2 Å². The lowest BCUT2D eigenvalue weighted by molar-refractivity contribution is -0.139. The van der Waals surface area contributed by atoms with Crippen LogP contribution in [0.3, 0.4) is 0 Å². The molecule has 0 bridgehead atoms. The first-order valence-corrected chi connectivity index (χ1v) is 12.0. The quantitative estimate of drug-likeness (QED) is 0.766. The van der Waals surface area contributed by atoms with Gasteiger partial charge in [-0.15, -0.1) is 0 Å². The summed E-state index contributed by atoms with van der Waals surface area (Å²) in [5.74, 6) is 0.791. The van der Waals surface area contributed by atoms with Crippen LogP contribution >= 0.6 is 0 Å². The van der Waals surface area contributed by atoms with Crippen molar-refractivity contribution in [3.63, 3.8) is 0 Å². The van der Waals surface area contributed by atoms with Crippen LogP contribution in [0.4, 0.5) is 11.6 Å². The van der Waals surface area contributed by atoms with Crippen molar-refractivity contribution in [2.45, 2.75) is 33.7 Å². The van der Waals surface area contributed by atoms with E-state index in [-0.39, 0.29) is 16.9 Å². The zero-order valence-electron chi connectivity index (χ0n) is 20.1. The maximum absolute atomic E-state index is 12.7. The van der Waals surface area contributed by atoms with Crippen molar-refractivity contribution in [3.8, 4) is 0 Å². The van der Waals surface area contributed by atoms with Gasteiger partial charge in [-0.2, -0.15) is 0 Å². The third-order valence-corrected chi connectivity index (χ3v) is 6.39. The molecule has 3 heterocycles. The first-order valence-electron chi connectivity index (χ1n) is 12.0. The van der Waals surface area contributed by atoms with Gasteiger partial charge in [0.15, 0.2) is 0 Å². The van der Waals surface area contributed by atoms with E-state index in [0.29, 0.717) is 25.6 Å². The van der Waals surface area contributed by atoms with Crippen LogP contribution in [-0.4, -0.2) is 78.0 Å². The van der Waals surface area contributed by atoms with Gasteiger partial charge in [0.2, 0.25) is 11.9 Å². The van der Waals surface area contributed by atoms with Gasteiger partial charge in [0.1, 0.15) is 0 Å². The van der Waals surface area contributed by atoms with Crippen LogP contribution in [0, 0.1) is 5.41 Å². The molecule has 2 saturated heterocycles. The van der Waals surface area contributed by atoms with Crippen LogP contribution in [0.1, 0.15) is 32.9 Å². The number of anilines is 2. The summed E-state index contributed by atoms with van der Waals surface area (Å²) in [6.07, 6.45) is 0.858. The second kappa shape index (κ2) is 9.95. The fraction of sp³-hybridized carbons (Fsp3) is 0.560. The van der Waals surface area contributed by atoms with Gasteiger partial charge in [0.25, 0.3) is 5.56 Å². The highest BCUT2D eigenvalue weighted by atomic mass is 16.2. The van der Waals surface area contributed by atoms with Crippen molar-refractivity contribution in [1.82, 2.24) is 19.8 Å². The molecular weight excluding hydrogens is 416 g/mol. The zero-order valence-corrected chi connectivity index (χ0v) is 20.1. The Labute approximate surface area is 196 Å². The number of aromatic nitrogens is 2. The highest BCUT2D eigenvalue weighted by Gasteiger charge is 2.29. The average Bonchev–Trinajstić information content (AvgIpc) is 3.05. The molecule has 2 aliphatic rings. The van der Waals surface area contributed by atoms with E-state index < -0.39 is 0 Å². The Morgan fingerprint density at radius 2 is 1.64 bits per heavy atom. The summed E-state index contributed by atoms with van der Waals surface area (Å²) in [6.45, 7) is 13.2. The van der Waals surface area contributed by atoms with Crippen LogP contribution < -0.4 is 15.4 Å². The van der Waals surface area contributed by atoms with Crippen LogP contribution in [0.25, 0.3) is 0 Å². The van der Waals surface area contributed by atoms with Gasteiger partial charge in [-0.3, -0.25) is 19.5 Å². The number of aromatic amines is 1. The number of benzene rings is 1. The van der Waals surface area contributed by atoms with Crippen molar-refractivity contribution in [1.29, 1.82) is 0 Å². The highest BCUT2D eigenvalue weighted by molar-refractivity contribution is 5.81. The summed E-state index contributed by atoms with van der Waals surface area (Å²) in [6, 6.07) is 12.1. The minimum atomic E-state index is -0.383. The second-order valence-electron chi connectivity index (χ2n) is 10.0. The van der Waals surface area contributed by atoms with Crippen LogP contribution in [0.5, 0.6) is 0 Å². The van der Waals surface area contributed by atoms with Crippen LogP contribution in [0.15, 0.2) is 41.2 Å². The second-order valence-corrected chi connectivity index (χ2v) is 10.0. The van der Waals surface area contributed by atoms with Gasteiger partial charge in [-0.05, 0) is 18.6 Å². The number of piperazine rings is 1. The van der Waals surface area contributed by atoms with Gasteiger partial charge in [-0.25, -0.2) is 4.98 Å². The van der Waals surface area contributed by atoms with E-state index in [1.807, 2.05) is 31.7 Å². The standard InChI is InChI=1S/C25H36N6O2/c1-25(2,3)23(33)30-10-7-11-31(17-16-30)24-26-20(18-22(32)27-24)19-28-12-14-29(15-13-28)21-8-5-4-6-9-21/h4-6,8-9,18H,7,10-17,19H2,1-3H3,(H,26,27,32). The number of para-hydroxylation sites is 1. The fourth-order valence-electron chi connectivity index (χ4n) is 4.56. The molecule has 33 heavy (non-hydrogen) atoms. The third-order valence-electron chi connectivity index (χ3n) is 6.39. The van der Waals surface area contributed by atoms with Crippen LogP contribution in [-0.2, 0) is 11.3 Å². The monoisotopic (exact) mass is 452 g/mol. The topological polar surface area (TPSA) is 75.8 Å². The largest absolute Gasteiger partial charge is 0.369 e. The molecule has 1 N–H and O–H groups in total. The van der Waals surface area contributed by atoms with Crippen LogP contribution in [0.2, 0.25) is 0 Å². The summed E-state index contributed by atoms with van der Waals surface area (Å²) in [5, 5.41) is 0. The predicted molar refractivity (Wildman–Crippen MR) is 132 cm³/mol. The molecule has 1 aromatic carbocycles. The molecule has 178 valence electrons. The molecule has 2 aromatic rings. The minimum Gasteiger partial charge on any atom is -0.369 e. The Morgan fingerprint density at radius 1 is 0.939 bits per heavy atom. The number of amides is 1. The first kappa shape index (κ1) is 23.3. The average molecular weight is 453 g/mol. The van der Waals surface area contributed by atoms with E-state index >= 15 is 0 Å². The van der Waals surface area contributed by atoms with Gasteiger partial charge in [0, 0.05) is 76.1 Å². The molecule has 8 nitrogen and oxygen atoms in total. The molecule has 2 fully saturated rings. The van der Waals surface area contributed by atoms with E-state index in [0.717, 1.165) is 51.4 Å². The molecule has 0 spiro atoms. The number of H-pyrrole nitrogens is 1. The Balaban J connectivity index is 1.37. The Bertz CT molecular complexity index is 992. The number of hydrogen-bond donors (Lipinski definition) is 1. The number of hydrogen-bond acceptors (Lipinski definition) is 6. The van der Waals surface area contributed by atoms with E-state index in [9.17, 15) is 9.59 Å². The van der Waals surface area contributed by atoms with E-state index in [2.05, 4.69) is 43.9 Å². The SMILES string of the molecule is CC(C)(C)C(=O)N1CCCN(c2nc(CN3CCN(c4ccccc4)CC3)cc(=O)[nH]2)CC1. The summed E-state index contributed by atoms with van der Waals surface area (Å²) in [7, 11) is 0. The van der Waals surface area contributed by atoms with Gasteiger partial charge < -0.3 is 14.7 Å². The van der Waals surface area contributed by atoms with Gasteiger partial charge in [0.05, 0.1) is 5.69 Å². The lowest BCUT2D eigenvalue weighted by Crippen LogP contribution is -2.46. The maximum atomic E-state index is 12.7. The summed E-state index contributed by atoms with van der Waals surface area (Å²) >= 11 is 0. The van der Waals surface area contributed by atoms with Crippen molar-refractivity contribution < 1.29 is 4.79 Å². The molecule has 0 saturated carbocycles. The molecule has 2 aliphatic heterocycles. The van der Waals surface area contributed by atoms with Crippen molar-refractivity contribution in [2.24, 2.45) is 5.41 Å². The number of nitrogens with one attached hydrogen (secondary N) is 1. The van der Waals surface area contributed by atoms with Crippen molar-refractivity contribution in [3.05, 3.63) is 52.4 Å². The summed E-state index contributed by atoms with van der Waals surface area (Å²) in [5.41, 5.74) is 1.55. The fourth-order valence-corrected chi connectivity index (χ4v) is 4.56. The maximum Gasteiger partial charge on any atom is 0.252 e. The molecule has 1 amide bonds. The lowest BCUT2D eigenvalue weighted by Gasteiger charge is -2.36. The summed E-state index contributed by atoms with van der Waals surface area (Å²) < 4.78 is 0. The third kappa shape index (κ3) is 5.93. The van der Waals surface area contributed by atoms with Crippen molar-refractivity contribution >= 4 is 17.5 Å². The van der Waals surface area contributed by atoms with Gasteiger partial charge >= 0.3 is 0 Å². The van der Waals surface area contributed by atoms with E-state index in [1.165, 1.54) is 5.69 Å². The minimum absolute atomic E-state index is 0.121. The number of carbonyl (C=O) groups excluding carboxylic acids is 1. The molecule has 0 aliphatic carbocycles. The number of carbonyl (C=O) groups is 1. The smallest absolute Gasteiger partial charge is 0.252 e. The van der Waals surface area contributed by atoms with E-state index in [1.54, 1.807) is 6.07 Å².